The summed E-state index contributed by atoms with van der Waals surface area (Å²) in [6, 6.07) is 1.22. The Hall–Kier alpha value is -1.34. The average Bonchev–Trinajstić information content (AvgIpc) is 2.72. The van der Waals surface area contributed by atoms with Gasteiger partial charge in [0.1, 0.15) is 10.6 Å². The van der Waals surface area contributed by atoms with E-state index in [1.807, 2.05) is 6.92 Å². The molecule has 20 heavy (non-hydrogen) atoms. The number of aromatic nitrogens is 1. The van der Waals surface area contributed by atoms with Crippen LogP contribution in [-0.4, -0.2) is 30.6 Å². The monoisotopic (exact) mass is 300 g/mol. The summed E-state index contributed by atoms with van der Waals surface area (Å²) in [6.07, 6.45) is 5.40. The van der Waals surface area contributed by atoms with Crippen LogP contribution in [0.3, 0.4) is 0 Å². The molecule has 0 radical (unpaired) electrons. The zero-order valence-corrected chi connectivity index (χ0v) is 12.3. The number of rotatable bonds is 7. The summed E-state index contributed by atoms with van der Waals surface area (Å²) in [5, 5.41) is 9.10. The second kappa shape index (κ2) is 5.97. The number of carbonyl (C=O) groups is 1. The molecule has 6 nitrogen and oxygen atoms in total. The summed E-state index contributed by atoms with van der Waals surface area (Å²) in [7, 11) is -3.62. The lowest BCUT2D eigenvalue weighted by Gasteiger charge is -2.25. The first-order valence-corrected chi connectivity index (χ1v) is 8.35. The SMILES string of the molecule is CCCn1cc(S(=O)(=O)NCC2CCC2)cc1C(=O)O. The number of nitrogens with one attached hydrogen (secondary N) is 1. The molecular weight excluding hydrogens is 280 g/mol. The number of carboxylic acid groups (broad SMARTS) is 1. The Morgan fingerprint density at radius 2 is 2.20 bits per heavy atom. The molecule has 0 amide bonds. The van der Waals surface area contributed by atoms with E-state index in [0.29, 0.717) is 19.0 Å². The highest BCUT2D eigenvalue weighted by Gasteiger charge is 2.24. The number of sulfonamides is 1. The maximum absolute atomic E-state index is 12.2. The van der Waals surface area contributed by atoms with Crippen molar-refractivity contribution in [3.05, 3.63) is 18.0 Å². The topological polar surface area (TPSA) is 88.4 Å². The highest BCUT2D eigenvalue weighted by atomic mass is 32.2. The smallest absolute Gasteiger partial charge is 0.352 e. The first-order valence-electron chi connectivity index (χ1n) is 6.87. The summed E-state index contributed by atoms with van der Waals surface area (Å²) in [6.45, 7) is 2.83. The maximum Gasteiger partial charge on any atom is 0.352 e. The van der Waals surface area contributed by atoms with Gasteiger partial charge < -0.3 is 9.67 Å². The number of carboxylic acids is 1. The van der Waals surface area contributed by atoms with Crippen molar-refractivity contribution in [2.75, 3.05) is 6.54 Å². The summed E-state index contributed by atoms with van der Waals surface area (Å²) in [5.74, 6) is -0.694. The lowest BCUT2D eigenvalue weighted by atomic mass is 9.86. The fourth-order valence-corrected chi connectivity index (χ4v) is 3.40. The number of aryl methyl sites for hydroxylation is 1. The van der Waals surface area contributed by atoms with E-state index in [-0.39, 0.29) is 10.6 Å². The largest absolute Gasteiger partial charge is 0.477 e. The summed E-state index contributed by atoms with van der Waals surface area (Å²) >= 11 is 0. The maximum atomic E-state index is 12.2. The highest BCUT2D eigenvalue weighted by molar-refractivity contribution is 7.89. The predicted octanol–water partition coefficient (Wildman–Crippen LogP) is 1.67. The molecule has 0 spiro atoms. The van der Waals surface area contributed by atoms with Crippen molar-refractivity contribution in [3.8, 4) is 0 Å². The normalized spacial score (nSPS) is 16.1. The Bertz CT molecular complexity index is 588. The second-order valence-electron chi connectivity index (χ2n) is 5.21. The molecule has 2 rings (SSSR count). The number of nitrogens with zero attached hydrogens (tertiary/aromatic N) is 1. The van der Waals surface area contributed by atoms with Crippen LogP contribution in [-0.2, 0) is 16.6 Å². The molecule has 0 saturated heterocycles. The first-order chi connectivity index (χ1) is 9.44. The Morgan fingerprint density at radius 1 is 1.50 bits per heavy atom. The van der Waals surface area contributed by atoms with Gasteiger partial charge in [-0.2, -0.15) is 0 Å². The van der Waals surface area contributed by atoms with E-state index in [1.165, 1.54) is 16.8 Å². The molecule has 7 heteroatoms. The van der Waals surface area contributed by atoms with Crippen molar-refractivity contribution in [1.82, 2.24) is 9.29 Å². The van der Waals surface area contributed by atoms with Gasteiger partial charge in [-0.25, -0.2) is 17.9 Å². The molecule has 1 aromatic heterocycles. The van der Waals surface area contributed by atoms with E-state index < -0.39 is 16.0 Å². The molecule has 1 aromatic rings. The third-order valence-corrected chi connectivity index (χ3v) is 5.04. The molecule has 0 bridgehead atoms. The minimum atomic E-state index is -3.62. The van der Waals surface area contributed by atoms with Crippen LogP contribution in [0.15, 0.2) is 17.2 Å². The van der Waals surface area contributed by atoms with Gasteiger partial charge in [-0.1, -0.05) is 13.3 Å². The zero-order valence-electron chi connectivity index (χ0n) is 11.5. The molecule has 1 aliphatic carbocycles. The Morgan fingerprint density at radius 3 is 2.70 bits per heavy atom. The van der Waals surface area contributed by atoms with Gasteiger partial charge in [-0.15, -0.1) is 0 Å². The highest BCUT2D eigenvalue weighted by Crippen LogP contribution is 2.26. The van der Waals surface area contributed by atoms with Gasteiger partial charge in [0.15, 0.2) is 0 Å². The molecule has 1 heterocycles. The van der Waals surface area contributed by atoms with Crippen LogP contribution in [0.1, 0.15) is 43.1 Å². The zero-order chi connectivity index (χ0) is 14.8. The van der Waals surface area contributed by atoms with Crippen LogP contribution in [0.5, 0.6) is 0 Å². The molecule has 0 atom stereocenters. The van der Waals surface area contributed by atoms with Crippen LogP contribution in [0.4, 0.5) is 0 Å². The molecule has 1 saturated carbocycles. The molecule has 1 fully saturated rings. The molecular formula is C13H20N2O4S. The van der Waals surface area contributed by atoms with Gasteiger partial charge in [-0.3, -0.25) is 0 Å². The number of hydrogen-bond donors (Lipinski definition) is 2. The minimum Gasteiger partial charge on any atom is -0.477 e. The van der Waals surface area contributed by atoms with E-state index >= 15 is 0 Å². The van der Waals surface area contributed by atoms with E-state index in [2.05, 4.69) is 4.72 Å². The predicted molar refractivity (Wildman–Crippen MR) is 74.2 cm³/mol. The first kappa shape index (κ1) is 15.1. The van der Waals surface area contributed by atoms with Gasteiger partial charge in [0.25, 0.3) is 0 Å². The van der Waals surface area contributed by atoms with Crippen LogP contribution < -0.4 is 4.72 Å². The minimum absolute atomic E-state index is 0.0101. The van der Waals surface area contributed by atoms with Gasteiger partial charge in [0.05, 0.1) is 0 Å². The average molecular weight is 300 g/mol. The Labute approximate surface area is 118 Å². The summed E-state index contributed by atoms with van der Waals surface area (Å²) < 4.78 is 28.3. The van der Waals surface area contributed by atoms with E-state index in [1.54, 1.807) is 0 Å². The van der Waals surface area contributed by atoms with Gasteiger partial charge >= 0.3 is 5.97 Å². The molecule has 0 unspecified atom stereocenters. The summed E-state index contributed by atoms with van der Waals surface area (Å²) in [5.41, 5.74) is 0.0101. The molecule has 2 N–H and O–H groups in total. The summed E-state index contributed by atoms with van der Waals surface area (Å²) in [4.78, 5) is 11.2. The fraction of sp³-hybridized carbons (Fsp3) is 0.615. The Kier molecular flexibility index (Phi) is 4.49. The van der Waals surface area contributed by atoms with Crippen LogP contribution >= 0.6 is 0 Å². The van der Waals surface area contributed by atoms with Crippen molar-refractivity contribution in [2.45, 2.75) is 44.0 Å². The van der Waals surface area contributed by atoms with Crippen LogP contribution in [0.2, 0.25) is 0 Å². The quantitative estimate of drug-likeness (QED) is 0.802. The van der Waals surface area contributed by atoms with Crippen LogP contribution in [0.25, 0.3) is 0 Å². The van der Waals surface area contributed by atoms with Gasteiger partial charge in [0.2, 0.25) is 10.0 Å². The second-order valence-corrected chi connectivity index (χ2v) is 6.98. The van der Waals surface area contributed by atoms with E-state index in [9.17, 15) is 13.2 Å². The van der Waals surface area contributed by atoms with E-state index in [0.717, 1.165) is 25.7 Å². The fourth-order valence-electron chi connectivity index (χ4n) is 2.24. The molecule has 0 aliphatic heterocycles. The van der Waals surface area contributed by atoms with Crippen molar-refractivity contribution in [1.29, 1.82) is 0 Å². The lowest BCUT2D eigenvalue weighted by Crippen LogP contribution is -2.32. The molecule has 0 aromatic carbocycles. The molecule has 1 aliphatic rings. The molecule has 112 valence electrons. The van der Waals surface area contributed by atoms with Crippen molar-refractivity contribution in [2.24, 2.45) is 5.92 Å². The standard InChI is InChI=1S/C13H20N2O4S/c1-2-6-15-9-11(7-12(15)13(16)17)20(18,19)14-8-10-4-3-5-10/h7,9-10,14H,2-6,8H2,1H3,(H,16,17). The van der Waals surface area contributed by atoms with Gasteiger partial charge in [-0.05, 0) is 31.2 Å². The van der Waals surface area contributed by atoms with Crippen molar-refractivity contribution >= 4 is 16.0 Å². The lowest BCUT2D eigenvalue weighted by molar-refractivity contribution is 0.0685. The Balaban J connectivity index is 2.17. The van der Waals surface area contributed by atoms with Crippen molar-refractivity contribution < 1.29 is 18.3 Å². The third kappa shape index (κ3) is 3.21. The number of aromatic carboxylic acids is 1. The third-order valence-electron chi connectivity index (χ3n) is 3.65. The van der Waals surface area contributed by atoms with Crippen molar-refractivity contribution in [3.63, 3.8) is 0 Å². The number of hydrogen-bond acceptors (Lipinski definition) is 3. The van der Waals surface area contributed by atoms with Gasteiger partial charge in [0, 0.05) is 19.3 Å². The van der Waals surface area contributed by atoms with E-state index in [4.69, 9.17) is 5.11 Å². The van der Waals surface area contributed by atoms with Crippen LogP contribution in [0, 0.1) is 5.92 Å².